The van der Waals surface area contributed by atoms with Crippen LogP contribution in [0.25, 0.3) is 11.5 Å². The van der Waals surface area contributed by atoms with E-state index in [1.165, 1.54) is 161 Å². The number of carbonyl (C=O) groups excluding carboxylic acids is 1. The van der Waals surface area contributed by atoms with Gasteiger partial charge in [0.15, 0.2) is 0 Å². The molecule has 0 amide bonds. The molecule has 0 spiro atoms. The third kappa shape index (κ3) is 17.7. The Balaban J connectivity index is 0.690. The van der Waals surface area contributed by atoms with Crippen molar-refractivity contribution in [1.29, 1.82) is 0 Å². The summed E-state index contributed by atoms with van der Waals surface area (Å²) in [4.78, 5) is 17.6. The standard InChI is InChI=1S/C67H103N3O5S/c1-7-8-9-10-11-12-13-14-17-20-23-26-46-76-65-70-69-64(75-65)52-31-35-55(36-32-52)68-49-53-33-37-56(48-62(53)71)73-45-25-22-19-16-15-18-21-24-30-63(72)74-57-41-43-66(5)54(47-57)34-38-58-60-40-39-59(51(4)29-27-28-50(2)3)67(60,6)44-42-61(58)66/h31-37,48-51,57-61,71H,7-30,38-47H2,1-6H3/t51-,57?,58+,59-,60+,61+,66+,67-/m1/s1. The number of esters is 1. The predicted molar refractivity (Wildman–Crippen MR) is 317 cm³/mol. The third-order valence-electron chi connectivity index (χ3n) is 19.2. The van der Waals surface area contributed by atoms with Crippen molar-refractivity contribution in [1.82, 2.24) is 10.2 Å². The molecule has 4 aliphatic rings. The number of phenols is 1. The SMILES string of the molecule is CCCCCCCCCCCCCCSc1nnc(-c2ccc(N=Cc3ccc(OCCCCCCCCCCC(=O)OC4CC[C@@]5(C)C(=CC[C@H]6[C@@H]7CC[C@H]([C@H](C)CCCC(C)C)[C@@]7(C)CC[C@@H]65)C4)cc3O)cc2)o1. The average Bonchev–Trinajstić information content (AvgIpc) is 4.05. The van der Waals surface area contributed by atoms with Crippen LogP contribution in [0.5, 0.6) is 11.5 Å². The summed E-state index contributed by atoms with van der Waals surface area (Å²) in [5, 5.41) is 19.9. The largest absolute Gasteiger partial charge is 0.507 e. The lowest BCUT2D eigenvalue weighted by molar-refractivity contribution is -0.151. The molecule has 0 aliphatic heterocycles. The molecular formula is C67H103N3O5S. The van der Waals surface area contributed by atoms with Crippen molar-refractivity contribution < 1.29 is 23.8 Å². The molecule has 4 aliphatic carbocycles. The van der Waals surface area contributed by atoms with E-state index in [0.29, 0.717) is 46.3 Å². The Kier molecular flexibility index (Phi) is 24.7. The molecule has 0 saturated heterocycles. The number of aromatic nitrogens is 2. The Hall–Kier alpha value is -3.59. The van der Waals surface area contributed by atoms with Gasteiger partial charge in [-0.3, -0.25) is 9.79 Å². The highest BCUT2D eigenvalue weighted by molar-refractivity contribution is 7.99. The number of phenolic OH excluding ortho intramolecular Hbond substituents is 1. The number of unbranched alkanes of at least 4 members (excludes halogenated alkanes) is 18. The van der Waals surface area contributed by atoms with Gasteiger partial charge in [0, 0.05) is 42.0 Å². The van der Waals surface area contributed by atoms with Gasteiger partial charge in [0.1, 0.15) is 17.6 Å². The molecule has 0 radical (unpaired) electrons. The Bertz CT molecular complexity index is 2220. The van der Waals surface area contributed by atoms with Crippen LogP contribution in [0, 0.1) is 46.3 Å². The normalized spacial score (nSPS) is 24.6. The quantitative estimate of drug-likeness (QED) is 0.0204. The van der Waals surface area contributed by atoms with E-state index < -0.39 is 0 Å². The molecule has 3 saturated carbocycles. The number of nitrogens with zero attached hydrogens (tertiary/aromatic N) is 3. The van der Waals surface area contributed by atoms with Gasteiger partial charge in [-0.25, -0.2) is 0 Å². The second-order valence-electron chi connectivity index (χ2n) is 25.2. The number of hydrogen-bond donors (Lipinski definition) is 1. The van der Waals surface area contributed by atoms with Crippen molar-refractivity contribution in [3.05, 3.63) is 59.7 Å². The molecule has 1 N–H and O–H groups in total. The number of rotatable bonds is 35. The molecule has 2 aromatic carbocycles. The van der Waals surface area contributed by atoms with Gasteiger partial charge in [0.2, 0.25) is 5.89 Å². The summed E-state index contributed by atoms with van der Waals surface area (Å²) < 4.78 is 18.1. The van der Waals surface area contributed by atoms with Gasteiger partial charge in [-0.1, -0.05) is 193 Å². The molecule has 1 heterocycles. The minimum atomic E-state index is 0.0124. The van der Waals surface area contributed by atoms with Crippen LogP contribution in [-0.2, 0) is 9.53 Å². The highest BCUT2D eigenvalue weighted by Crippen LogP contribution is 2.67. The maximum atomic E-state index is 13.0. The summed E-state index contributed by atoms with van der Waals surface area (Å²) in [5.74, 6) is 7.43. The third-order valence-corrected chi connectivity index (χ3v) is 20.1. The van der Waals surface area contributed by atoms with Crippen LogP contribution in [0.1, 0.15) is 253 Å². The molecule has 3 aromatic rings. The zero-order chi connectivity index (χ0) is 53.6. The van der Waals surface area contributed by atoms with Gasteiger partial charge in [-0.05, 0) is 147 Å². The van der Waals surface area contributed by atoms with Crippen LogP contribution < -0.4 is 4.74 Å². The van der Waals surface area contributed by atoms with Crippen molar-refractivity contribution in [3.8, 4) is 23.0 Å². The number of aromatic hydroxyl groups is 1. The van der Waals surface area contributed by atoms with Gasteiger partial charge in [-0.2, -0.15) is 0 Å². The first-order valence-electron chi connectivity index (χ1n) is 31.4. The van der Waals surface area contributed by atoms with Gasteiger partial charge < -0.3 is 19.0 Å². The number of benzene rings is 2. The minimum absolute atomic E-state index is 0.0124. The molecule has 0 bridgehead atoms. The molecule has 9 heteroatoms. The predicted octanol–water partition coefficient (Wildman–Crippen LogP) is 19.8. The zero-order valence-electron chi connectivity index (χ0n) is 48.6. The number of ether oxygens (including phenoxy) is 2. The number of hydrogen-bond acceptors (Lipinski definition) is 9. The Morgan fingerprint density at radius 1 is 0.776 bits per heavy atom. The van der Waals surface area contributed by atoms with Gasteiger partial charge in [-0.15, -0.1) is 10.2 Å². The molecule has 422 valence electrons. The molecule has 1 unspecified atom stereocenters. The molecule has 7 rings (SSSR count). The molecule has 1 aromatic heterocycles. The van der Waals surface area contributed by atoms with E-state index in [1.807, 2.05) is 36.4 Å². The van der Waals surface area contributed by atoms with Crippen LogP contribution in [0.15, 0.2) is 68.7 Å². The smallest absolute Gasteiger partial charge is 0.306 e. The van der Waals surface area contributed by atoms with Crippen molar-refractivity contribution in [2.45, 2.75) is 258 Å². The van der Waals surface area contributed by atoms with Crippen LogP contribution in [-0.4, -0.2) is 46.0 Å². The maximum Gasteiger partial charge on any atom is 0.306 e. The topological polar surface area (TPSA) is 107 Å². The monoisotopic (exact) mass is 1060 g/mol. The summed E-state index contributed by atoms with van der Waals surface area (Å²) in [6.45, 7) is 15.5. The first-order valence-corrected chi connectivity index (χ1v) is 32.4. The van der Waals surface area contributed by atoms with Crippen molar-refractivity contribution in [2.75, 3.05) is 12.4 Å². The Labute approximate surface area is 466 Å². The summed E-state index contributed by atoms with van der Waals surface area (Å²) in [6.07, 6.45) is 44.2. The summed E-state index contributed by atoms with van der Waals surface area (Å²) in [5.41, 5.74) is 4.68. The number of carbonyl (C=O) groups is 1. The van der Waals surface area contributed by atoms with Crippen molar-refractivity contribution in [2.24, 2.45) is 51.3 Å². The molecule has 3 fully saturated rings. The Morgan fingerprint density at radius 2 is 1.46 bits per heavy atom. The lowest BCUT2D eigenvalue weighted by Gasteiger charge is -2.58. The first kappa shape index (κ1) is 60.1. The molecule has 8 nitrogen and oxygen atoms in total. The molecule has 8 atom stereocenters. The van der Waals surface area contributed by atoms with Gasteiger partial charge in [0.25, 0.3) is 5.22 Å². The fraction of sp³-hybridized carbons (Fsp3) is 0.731. The minimum Gasteiger partial charge on any atom is -0.507 e. The Morgan fingerprint density at radius 3 is 2.16 bits per heavy atom. The van der Waals surface area contributed by atoms with E-state index >= 15 is 0 Å². The highest BCUT2D eigenvalue weighted by atomic mass is 32.2. The second kappa shape index (κ2) is 31.3. The van der Waals surface area contributed by atoms with Crippen molar-refractivity contribution in [3.63, 3.8) is 0 Å². The first-order chi connectivity index (χ1) is 37.0. The fourth-order valence-corrected chi connectivity index (χ4v) is 15.4. The summed E-state index contributed by atoms with van der Waals surface area (Å²) in [6, 6.07) is 13.1. The van der Waals surface area contributed by atoms with Gasteiger partial charge in [0.05, 0.1) is 12.3 Å². The number of aliphatic imine (C=N–C) groups is 1. The molecule has 76 heavy (non-hydrogen) atoms. The number of fused-ring (bicyclic) bond motifs is 5. The highest BCUT2D eigenvalue weighted by Gasteiger charge is 2.59. The second-order valence-corrected chi connectivity index (χ2v) is 26.3. The lowest BCUT2D eigenvalue weighted by atomic mass is 9.47. The van der Waals surface area contributed by atoms with Crippen LogP contribution in [0.2, 0.25) is 0 Å². The maximum absolute atomic E-state index is 13.0. The summed E-state index contributed by atoms with van der Waals surface area (Å²) in [7, 11) is 0. The number of allylic oxidation sites excluding steroid dienone is 1. The number of thioether (sulfide) groups is 1. The average molecular weight is 1060 g/mol. The van der Waals surface area contributed by atoms with E-state index in [0.717, 1.165) is 91.0 Å². The van der Waals surface area contributed by atoms with E-state index in [1.54, 1.807) is 29.6 Å². The molecular weight excluding hydrogens is 959 g/mol. The lowest BCUT2D eigenvalue weighted by Crippen LogP contribution is -2.51. The zero-order valence-corrected chi connectivity index (χ0v) is 49.4. The van der Waals surface area contributed by atoms with E-state index in [4.69, 9.17) is 13.9 Å². The van der Waals surface area contributed by atoms with E-state index in [9.17, 15) is 9.90 Å². The fourth-order valence-electron chi connectivity index (χ4n) is 14.7. The van der Waals surface area contributed by atoms with Crippen LogP contribution >= 0.6 is 11.8 Å². The summed E-state index contributed by atoms with van der Waals surface area (Å²) >= 11 is 1.64. The van der Waals surface area contributed by atoms with E-state index in [-0.39, 0.29) is 17.8 Å². The van der Waals surface area contributed by atoms with Gasteiger partial charge >= 0.3 is 5.97 Å². The van der Waals surface area contributed by atoms with Crippen LogP contribution in [0.4, 0.5) is 5.69 Å². The van der Waals surface area contributed by atoms with Crippen LogP contribution in [0.3, 0.4) is 0 Å². The van der Waals surface area contributed by atoms with Crippen molar-refractivity contribution >= 4 is 29.6 Å². The van der Waals surface area contributed by atoms with E-state index in [2.05, 4.69) is 62.8 Å².